The number of morpholine rings is 1. The molecule has 0 amide bonds. The molecule has 1 aliphatic rings. The van der Waals surface area contributed by atoms with Crippen molar-refractivity contribution >= 4 is 27.9 Å². The average molecular weight is 474 g/mol. The molecule has 0 aliphatic carbocycles. The fourth-order valence-corrected chi connectivity index (χ4v) is 4.99. The van der Waals surface area contributed by atoms with Gasteiger partial charge in [-0.1, -0.05) is 23.8 Å². The number of nitrogens with zero attached hydrogens (tertiary/aromatic N) is 1. The van der Waals surface area contributed by atoms with Crippen LogP contribution in [0.5, 0.6) is 5.75 Å². The summed E-state index contributed by atoms with van der Waals surface area (Å²) in [6.07, 6.45) is 2.59. The Bertz CT molecular complexity index is 1170. The minimum Gasteiger partial charge on any atom is -0.495 e. The molecule has 0 aromatic heterocycles. The third kappa shape index (κ3) is 6.07. The van der Waals surface area contributed by atoms with Crippen molar-refractivity contribution in [2.45, 2.75) is 18.7 Å². The van der Waals surface area contributed by atoms with Gasteiger partial charge in [-0.3, -0.25) is 4.79 Å². The molecule has 1 fully saturated rings. The van der Waals surface area contributed by atoms with Crippen molar-refractivity contribution in [3.05, 3.63) is 64.7 Å². The van der Waals surface area contributed by atoms with Crippen molar-refractivity contribution in [3.8, 4) is 5.75 Å². The van der Waals surface area contributed by atoms with E-state index < -0.39 is 16.0 Å². The van der Waals surface area contributed by atoms with Crippen LogP contribution in [-0.4, -0.2) is 64.5 Å². The minimum atomic E-state index is -3.79. The lowest BCUT2D eigenvalue weighted by molar-refractivity contribution is -0.136. The zero-order valence-electron chi connectivity index (χ0n) is 18.9. The first-order valence-corrected chi connectivity index (χ1v) is 11.9. The number of aryl methyl sites for hydroxylation is 2. The number of carbonyl (C=O) groups is 2. The SMILES string of the molecule is COc1ccc(C=CC(=O)OCC(=O)c2cc(C)ccc2C)cc1S(=O)(=O)N1CCOCC1. The molecule has 1 saturated heterocycles. The van der Waals surface area contributed by atoms with Crippen LogP contribution in [0.4, 0.5) is 0 Å². The summed E-state index contributed by atoms with van der Waals surface area (Å²) in [5.74, 6) is -0.788. The zero-order valence-corrected chi connectivity index (χ0v) is 19.7. The van der Waals surface area contributed by atoms with Crippen LogP contribution in [0, 0.1) is 13.8 Å². The molecule has 33 heavy (non-hydrogen) atoms. The van der Waals surface area contributed by atoms with E-state index in [1.807, 2.05) is 26.0 Å². The Morgan fingerprint density at radius 1 is 1.09 bits per heavy atom. The number of esters is 1. The lowest BCUT2D eigenvalue weighted by atomic mass is 10.0. The van der Waals surface area contributed by atoms with E-state index >= 15 is 0 Å². The van der Waals surface area contributed by atoms with Crippen LogP contribution in [0.2, 0.25) is 0 Å². The van der Waals surface area contributed by atoms with E-state index in [2.05, 4.69) is 0 Å². The van der Waals surface area contributed by atoms with E-state index in [1.165, 1.54) is 29.6 Å². The van der Waals surface area contributed by atoms with Gasteiger partial charge in [-0.2, -0.15) is 4.31 Å². The van der Waals surface area contributed by atoms with Crippen LogP contribution in [0.3, 0.4) is 0 Å². The minimum absolute atomic E-state index is 0.00696. The largest absolute Gasteiger partial charge is 0.495 e. The van der Waals surface area contributed by atoms with E-state index in [1.54, 1.807) is 12.1 Å². The Hall–Kier alpha value is -3.01. The molecule has 2 aromatic carbocycles. The summed E-state index contributed by atoms with van der Waals surface area (Å²) in [4.78, 5) is 24.5. The maximum atomic E-state index is 13.1. The Morgan fingerprint density at radius 2 is 1.82 bits per heavy atom. The number of hydrogen-bond acceptors (Lipinski definition) is 7. The van der Waals surface area contributed by atoms with E-state index in [-0.39, 0.29) is 36.1 Å². The van der Waals surface area contributed by atoms with E-state index in [4.69, 9.17) is 14.2 Å². The predicted molar refractivity (Wildman–Crippen MR) is 123 cm³/mol. The van der Waals surface area contributed by atoms with Gasteiger partial charge in [0.05, 0.1) is 20.3 Å². The highest BCUT2D eigenvalue weighted by Gasteiger charge is 2.29. The van der Waals surface area contributed by atoms with Gasteiger partial charge in [0.15, 0.2) is 6.61 Å². The highest BCUT2D eigenvalue weighted by atomic mass is 32.2. The van der Waals surface area contributed by atoms with Gasteiger partial charge in [-0.05, 0) is 49.2 Å². The van der Waals surface area contributed by atoms with Crippen molar-refractivity contribution < 1.29 is 32.2 Å². The van der Waals surface area contributed by atoms with Crippen LogP contribution in [0.15, 0.2) is 47.4 Å². The average Bonchev–Trinajstić information content (AvgIpc) is 2.83. The number of rotatable bonds is 8. The third-order valence-electron chi connectivity index (χ3n) is 5.23. The molecule has 0 atom stereocenters. The molecule has 0 saturated carbocycles. The summed E-state index contributed by atoms with van der Waals surface area (Å²) >= 11 is 0. The van der Waals surface area contributed by atoms with Gasteiger partial charge in [0.1, 0.15) is 10.6 Å². The van der Waals surface area contributed by atoms with Gasteiger partial charge in [0, 0.05) is 24.7 Å². The number of ether oxygens (including phenoxy) is 3. The van der Waals surface area contributed by atoms with Crippen LogP contribution >= 0.6 is 0 Å². The Kier molecular flexibility index (Phi) is 8.01. The predicted octanol–water partition coefficient (Wildman–Crippen LogP) is 2.77. The lowest BCUT2D eigenvalue weighted by Gasteiger charge is -2.26. The van der Waals surface area contributed by atoms with Gasteiger partial charge in [-0.15, -0.1) is 0 Å². The maximum absolute atomic E-state index is 13.1. The fraction of sp³-hybridized carbons (Fsp3) is 0.333. The first kappa shape index (κ1) is 24.6. The summed E-state index contributed by atoms with van der Waals surface area (Å²) in [7, 11) is -2.40. The number of benzene rings is 2. The molecule has 0 spiro atoms. The standard InChI is InChI=1S/C24H27NO7S/c1-17-4-5-18(2)20(14-17)21(26)16-32-24(27)9-7-19-6-8-22(30-3)23(15-19)33(28,29)25-10-12-31-13-11-25/h4-9,14-15H,10-13,16H2,1-3H3. The molecule has 176 valence electrons. The van der Waals surface area contributed by atoms with Crippen LogP contribution in [-0.2, 0) is 24.3 Å². The molecule has 0 radical (unpaired) electrons. The summed E-state index contributed by atoms with van der Waals surface area (Å²) in [5, 5.41) is 0. The number of Topliss-reactive ketones (excluding diaryl/α,β-unsaturated/α-hetero) is 1. The molecule has 1 aliphatic heterocycles. The molecule has 2 aromatic rings. The highest BCUT2D eigenvalue weighted by Crippen LogP contribution is 2.28. The van der Waals surface area contributed by atoms with Crippen LogP contribution in [0.1, 0.15) is 27.0 Å². The van der Waals surface area contributed by atoms with E-state index in [0.717, 1.165) is 17.2 Å². The van der Waals surface area contributed by atoms with Crippen molar-refractivity contribution in [1.82, 2.24) is 4.31 Å². The second-order valence-corrected chi connectivity index (χ2v) is 9.52. The first-order valence-electron chi connectivity index (χ1n) is 10.4. The fourth-order valence-electron chi connectivity index (χ4n) is 3.39. The topological polar surface area (TPSA) is 99.2 Å². The summed E-state index contributed by atoms with van der Waals surface area (Å²) in [6.45, 7) is 4.49. The normalized spacial score (nSPS) is 14.9. The van der Waals surface area contributed by atoms with Gasteiger partial charge in [0.25, 0.3) is 0 Å². The van der Waals surface area contributed by atoms with E-state index in [9.17, 15) is 18.0 Å². The van der Waals surface area contributed by atoms with Gasteiger partial charge in [0.2, 0.25) is 15.8 Å². The zero-order chi connectivity index (χ0) is 24.0. The molecular weight excluding hydrogens is 446 g/mol. The van der Waals surface area contributed by atoms with Crippen LogP contribution in [0.25, 0.3) is 6.08 Å². The Morgan fingerprint density at radius 3 is 2.52 bits per heavy atom. The van der Waals surface area contributed by atoms with Gasteiger partial charge >= 0.3 is 5.97 Å². The Labute approximate surface area is 193 Å². The van der Waals surface area contributed by atoms with Crippen molar-refractivity contribution in [2.24, 2.45) is 0 Å². The smallest absolute Gasteiger partial charge is 0.331 e. The van der Waals surface area contributed by atoms with Gasteiger partial charge < -0.3 is 14.2 Å². The molecule has 0 bridgehead atoms. The number of hydrogen-bond donors (Lipinski definition) is 0. The summed E-state index contributed by atoms with van der Waals surface area (Å²) in [5.41, 5.74) is 2.74. The molecule has 3 rings (SSSR count). The van der Waals surface area contributed by atoms with Crippen molar-refractivity contribution in [2.75, 3.05) is 40.0 Å². The molecular formula is C24H27NO7S. The molecule has 8 nitrogen and oxygen atoms in total. The number of carbonyl (C=O) groups excluding carboxylic acids is 2. The van der Waals surface area contributed by atoms with Gasteiger partial charge in [-0.25, -0.2) is 13.2 Å². The Balaban J connectivity index is 1.70. The number of methoxy groups -OCH3 is 1. The molecule has 1 heterocycles. The quantitative estimate of drug-likeness (QED) is 0.330. The molecule has 9 heteroatoms. The molecule has 0 N–H and O–H groups in total. The highest BCUT2D eigenvalue weighted by molar-refractivity contribution is 7.89. The summed E-state index contributed by atoms with van der Waals surface area (Å²) in [6, 6.07) is 10.1. The van der Waals surface area contributed by atoms with Crippen molar-refractivity contribution in [3.63, 3.8) is 0 Å². The lowest BCUT2D eigenvalue weighted by Crippen LogP contribution is -2.40. The monoisotopic (exact) mass is 473 g/mol. The number of ketones is 1. The third-order valence-corrected chi connectivity index (χ3v) is 7.15. The van der Waals surface area contributed by atoms with E-state index in [0.29, 0.717) is 24.3 Å². The first-order chi connectivity index (χ1) is 15.7. The molecule has 0 unspecified atom stereocenters. The van der Waals surface area contributed by atoms with Crippen LogP contribution < -0.4 is 4.74 Å². The maximum Gasteiger partial charge on any atom is 0.331 e. The summed E-state index contributed by atoms with van der Waals surface area (Å²) < 4.78 is 43.0. The second-order valence-electron chi connectivity index (χ2n) is 7.61. The second kappa shape index (κ2) is 10.7. The number of sulfonamides is 1. The van der Waals surface area contributed by atoms with Crippen molar-refractivity contribution in [1.29, 1.82) is 0 Å².